The van der Waals surface area contributed by atoms with E-state index in [0.717, 1.165) is 29.1 Å². The van der Waals surface area contributed by atoms with E-state index in [2.05, 4.69) is 20.3 Å². The van der Waals surface area contributed by atoms with Crippen LogP contribution in [0.4, 0.5) is 0 Å². The van der Waals surface area contributed by atoms with Gasteiger partial charge >= 0.3 is 0 Å². The molecule has 0 saturated carbocycles. The van der Waals surface area contributed by atoms with E-state index < -0.39 is 0 Å². The summed E-state index contributed by atoms with van der Waals surface area (Å²) < 4.78 is 0. The van der Waals surface area contributed by atoms with Crippen LogP contribution in [0.1, 0.15) is 30.8 Å². The fraction of sp³-hybridized carbons (Fsp3) is 0.150. The second-order valence-corrected chi connectivity index (χ2v) is 5.64. The predicted octanol–water partition coefficient (Wildman–Crippen LogP) is 3.75. The van der Waals surface area contributed by atoms with Gasteiger partial charge in [0.1, 0.15) is 5.82 Å². The summed E-state index contributed by atoms with van der Waals surface area (Å²) in [6.07, 6.45) is 9.21. The van der Waals surface area contributed by atoms with E-state index in [4.69, 9.17) is 0 Å². The van der Waals surface area contributed by atoms with Gasteiger partial charge in [-0.1, -0.05) is 43.3 Å². The largest absolute Gasteiger partial charge is 0.343 e. The third-order valence-electron chi connectivity index (χ3n) is 3.85. The standard InChI is InChI=1S/C20H20N4O/c1-2-17(23-19(25)11-10-15-7-6-12-21-13-15)20-22-14-18(24-20)16-8-4-3-5-9-16/h3-14,17H,2H2,1H3,(H,22,24)(H,23,25)/b11-10+/t17-/m1/s1. The molecule has 3 aromatic rings. The SMILES string of the molecule is CC[C@@H](NC(=O)/C=C/c1cccnc1)c1ncc(-c2ccccc2)[nH]1. The molecule has 2 heterocycles. The van der Waals surface area contributed by atoms with Crippen LogP contribution < -0.4 is 5.32 Å². The molecule has 0 radical (unpaired) electrons. The Kier molecular flexibility index (Phi) is 5.36. The summed E-state index contributed by atoms with van der Waals surface area (Å²) in [6, 6.07) is 13.6. The molecule has 0 aliphatic heterocycles. The molecular weight excluding hydrogens is 312 g/mol. The molecule has 0 saturated heterocycles. The smallest absolute Gasteiger partial charge is 0.244 e. The van der Waals surface area contributed by atoms with Crippen molar-refractivity contribution in [3.05, 3.63) is 78.5 Å². The summed E-state index contributed by atoms with van der Waals surface area (Å²) in [7, 11) is 0. The molecular formula is C20H20N4O. The lowest BCUT2D eigenvalue weighted by Crippen LogP contribution is -2.27. The molecule has 0 aliphatic carbocycles. The number of rotatable bonds is 6. The normalized spacial score (nSPS) is 12.2. The minimum Gasteiger partial charge on any atom is -0.343 e. The van der Waals surface area contributed by atoms with E-state index >= 15 is 0 Å². The summed E-state index contributed by atoms with van der Waals surface area (Å²) in [4.78, 5) is 23.9. The van der Waals surface area contributed by atoms with E-state index in [0.29, 0.717) is 0 Å². The zero-order valence-corrected chi connectivity index (χ0v) is 14.0. The molecule has 2 N–H and O–H groups in total. The molecule has 0 aliphatic rings. The Morgan fingerprint density at radius 2 is 2.04 bits per heavy atom. The molecule has 3 rings (SSSR count). The van der Waals surface area contributed by atoms with Gasteiger partial charge in [-0.15, -0.1) is 0 Å². The van der Waals surface area contributed by atoms with Crippen LogP contribution in [0.5, 0.6) is 0 Å². The van der Waals surface area contributed by atoms with E-state index in [1.807, 2.05) is 49.4 Å². The number of aromatic nitrogens is 3. The second-order valence-electron chi connectivity index (χ2n) is 5.64. The van der Waals surface area contributed by atoms with Crippen molar-refractivity contribution in [3.63, 3.8) is 0 Å². The molecule has 0 fully saturated rings. The summed E-state index contributed by atoms with van der Waals surface area (Å²) in [6.45, 7) is 2.01. The van der Waals surface area contributed by atoms with Crippen LogP contribution in [-0.4, -0.2) is 20.9 Å². The molecule has 5 heteroatoms. The average Bonchev–Trinajstić information content (AvgIpc) is 3.16. The van der Waals surface area contributed by atoms with Gasteiger partial charge in [-0.05, 0) is 29.7 Å². The van der Waals surface area contributed by atoms with E-state index in [1.165, 1.54) is 6.08 Å². The van der Waals surface area contributed by atoms with Gasteiger partial charge in [0.15, 0.2) is 0 Å². The second kappa shape index (κ2) is 8.06. The number of nitrogens with zero attached hydrogens (tertiary/aromatic N) is 2. The summed E-state index contributed by atoms with van der Waals surface area (Å²) in [5.41, 5.74) is 2.89. The van der Waals surface area contributed by atoms with Crippen LogP contribution in [0, 0.1) is 0 Å². The quantitative estimate of drug-likeness (QED) is 0.675. The minimum absolute atomic E-state index is 0.159. The fourth-order valence-corrected chi connectivity index (χ4v) is 2.51. The third kappa shape index (κ3) is 4.41. The number of imidazole rings is 1. The number of benzene rings is 1. The molecule has 0 unspecified atom stereocenters. The molecule has 1 atom stereocenters. The Bertz CT molecular complexity index is 840. The van der Waals surface area contributed by atoms with Crippen molar-refractivity contribution < 1.29 is 4.79 Å². The highest BCUT2D eigenvalue weighted by atomic mass is 16.1. The van der Waals surface area contributed by atoms with Crippen LogP contribution in [0.3, 0.4) is 0 Å². The number of amides is 1. The van der Waals surface area contributed by atoms with Crippen molar-refractivity contribution in [3.8, 4) is 11.3 Å². The number of nitrogens with one attached hydrogen (secondary N) is 2. The zero-order valence-electron chi connectivity index (χ0n) is 14.0. The number of aromatic amines is 1. The van der Waals surface area contributed by atoms with Gasteiger partial charge in [0.2, 0.25) is 5.91 Å². The maximum Gasteiger partial charge on any atom is 0.244 e. The number of hydrogen-bond acceptors (Lipinski definition) is 3. The summed E-state index contributed by atoms with van der Waals surface area (Å²) >= 11 is 0. The molecule has 126 valence electrons. The van der Waals surface area contributed by atoms with Crippen molar-refractivity contribution in [1.82, 2.24) is 20.3 Å². The Labute approximate surface area is 146 Å². The first kappa shape index (κ1) is 16.6. The zero-order chi connectivity index (χ0) is 17.5. The van der Waals surface area contributed by atoms with Crippen molar-refractivity contribution in [2.45, 2.75) is 19.4 Å². The van der Waals surface area contributed by atoms with Crippen LogP contribution in [-0.2, 0) is 4.79 Å². The Morgan fingerprint density at radius 1 is 1.20 bits per heavy atom. The van der Waals surface area contributed by atoms with Crippen LogP contribution >= 0.6 is 0 Å². The monoisotopic (exact) mass is 332 g/mol. The number of pyridine rings is 1. The first-order valence-electron chi connectivity index (χ1n) is 8.25. The molecule has 5 nitrogen and oxygen atoms in total. The van der Waals surface area contributed by atoms with E-state index in [1.54, 1.807) is 24.7 Å². The van der Waals surface area contributed by atoms with Gasteiger partial charge in [0, 0.05) is 18.5 Å². The van der Waals surface area contributed by atoms with Gasteiger partial charge in [-0.3, -0.25) is 9.78 Å². The van der Waals surface area contributed by atoms with Gasteiger partial charge in [-0.2, -0.15) is 0 Å². The van der Waals surface area contributed by atoms with Crippen LogP contribution in [0.2, 0.25) is 0 Å². The first-order valence-corrected chi connectivity index (χ1v) is 8.25. The summed E-state index contributed by atoms with van der Waals surface area (Å²) in [5, 5.41) is 2.98. The molecule has 0 spiro atoms. The Hall–Kier alpha value is -3.21. The number of H-pyrrole nitrogens is 1. The topological polar surface area (TPSA) is 70.7 Å². The van der Waals surface area contributed by atoms with Crippen molar-refractivity contribution in [2.24, 2.45) is 0 Å². The maximum absolute atomic E-state index is 12.2. The number of hydrogen-bond donors (Lipinski definition) is 2. The maximum atomic E-state index is 12.2. The van der Waals surface area contributed by atoms with E-state index in [9.17, 15) is 4.79 Å². The molecule has 0 bridgehead atoms. The Balaban J connectivity index is 1.67. The molecule has 1 aromatic carbocycles. The fourth-order valence-electron chi connectivity index (χ4n) is 2.51. The van der Waals surface area contributed by atoms with Crippen molar-refractivity contribution in [2.75, 3.05) is 0 Å². The molecule has 2 aromatic heterocycles. The van der Waals surface area contributed by atoms with Gasteiger partial charge in [-0.25, -0.2) is 4.98 Å². The minimum atomic E-state index is -0.163. The first-order chi connectivity index (χ1) is 12.3. The lowest BCUT2D eigenvalue weighted by Gasteiger charge is -2.13. The highest BCUT2D eigenvalue weighted by Crippen LogP contribution is 2.20. The highest BCUT2D eigenvalue weighted by Gasteiger charge is 2.15. The van der Waals surface area contributed by atoms with Crippen molar-refractivity contribution >= 4 is 12.0 Å². The third-order valence-corrected chi connectivity index (χ3v) is 3.85. The molecule has 1 amide bonds. The van der Waals surface area contributed by atoms with Gasteiger partial charge in [0.05, 0.1) is 17.9 Å². The average molecular weight is 332 g/mol. The van der Waals surface area contributed by atoms with Gasteiger partial charge < -0.3 is 10.3 Å². The molecule has 25 heavy (non-hydrogen) atoms. The van der Waals surface area contributed by atoms with Crippen molar-refractivity contribution in [1.29, 1.82) is 0 Å². The lowest BCUT2D eigenvalue weighted by atomic mass is 10.2. The van der Waals surface area contributed by atoms with Crippen LogP contribution in [0.15, 0.2) is 67.1 Å². The predicted molar refractivity (Wildman–Crippen MR) is 98.5 cm³/mol. The van der Waals surface area contributed by atoms with Crippen LogP contribution in [0.25, 0.3) is 17.3 Å². The number of carbonyl (C=O) groups is 1. The Morgan fingerprint density at radius 3 is 2.76 bits per heavy atom. The lowest BCUT2D eigenvalue weighted by molar-refractivity contribution is -0.117. The number of carbonyl (C=O) groups excluding carboxylic acids is 1. The van der Waals surface area contributed by atoms with E-state index in [-0.39, 0.29) is 11.9 Å². The van der Waals surface area contributed by atoms with Gasteiger partial charge in [0.25, 0.3) is 0 Å². The summed E-state index contributed by atoms with van der Waals surface area (Å²) in [5.74, 6) is 0.595. The highest BCUT2D eigenvalue weighted by molar-refractivity contribution is 5.91.